The summed E-state index contributed by atoms with van der Waals surface area (Å²) in [6, 6.07) is 11.9. The monoisotopic (exact) mass is 401 g/mol. The van der Waals surface area contributed by atoms with Crippen LogP contribution in [0, 0.1) is 5.82 Å². The molecule has 3 aromatic rings. The standard InChI is InChI=1S/C17H13BrFN5O/c18-11-4-7-14(15(19)9-11)17(25)20-12-3-1-2-10(8-12)16-21-22-23-24(16)13-5-6-13/h1-4,7-9,13H,5-6H2,(H,20,25). The number of rotatable bonds is 4. The molecule has 1 amide bonds. The molecule has 0 bridgehead atoms. The van der Waals surface area contributed by atoms with Gasteiger partial charge in [-0.3, -0.25) is 4.79 Å². The van der Waals surface area contributed by atoms with Gasteiger partial charge in [0.1, 0.15) is 5.82 Å². The highest BCUT2D eigenvalue weighted by Crippen LogP contribution is 2.36. The number of nitrogens with zero attached hydrogens (tertiary/aromatic N) is 4. The number of halogens is 2. The van der Waals surface area contributed by atoms with Gasteiger partial charge in [0.25, 0.3) is 5.91 Å². The summed E-state index contributed by atoms with van der Waals surface area (Å²) in [7, 11) is 0. The summed E-state index contributed by atoms with van der Waals surface area (Å²) < 4.78 is 16.3. The second-order valence-corrected chi connectivity index (χ2v) is 6.75. The smallest absolute Gasteiger partial charge is 0.258 e. The van der Waals surface area contributed by atoms with Crippen LogP contribution in [0.5, 0.6) is 0 Å². The number of nitrogens with one attached hydrogen (secondary N) is 1. The minimum atomic E-state index is -0.583. The molecule has 1 aliphatic rings. The van der Waals surface area contributed by atoms with E-state index in [0.29, 0.717) is 22.0 Å². The first-order chi connectivity index (χ1) is 12.1. The molecule has 0 atom stereocenters. The molecule has 6 nitrogen and oxygen atoms in total. The highest BCUT2D eigenvalue weighted by atomic mass is 79.9. The fourth-order valence-corrected chi connectivity index (χ4v) is 2.89. The zero-order chi connectivity index (χ0) is 17.4. The summed E-state index contributed by atoms with van der Waals surface area (Å²) in [5, 5.41) is 14.6. The van der Waals surface area contributed by atoms with Crippen LogP contribution >= 0.6 is 15.9 Å². The normalized spacial score (nSPS) is 13.7. The van der Waals surface area contributed by atoms with E-state index in [2.05, 4.69) is 36.8 Å². The van der Waals surface area contributed by atoms with E-state index < -0.39 is 11.7 Å². The molecule has 126 valence electrons. The van der Waals surface area contributed by atoms with E-state index in [9.17, 15) is 9.18 Å². The predicted molar refractivity (Wildman–Crippen MR) is 93.6 cm³/mol. The summed E-state index contributed by atoms with van der Waals surface area (Å²) in [5.74, 6) is -0.432. The van der Waals surface area contributed by atoms with Gasteiger partial charge in [0.15, 0.2) is 5.82 Å². The van der Waals surface area contributed by atoms with Crippen molar-refractivity contribution in [2.24, 2.45) is 0 Å². The number of hydrogen-bond acceptors (Lipinski definition) is 4. The Morgan fingerprint density at radius 3 is 2.84 bits per heavy atom. The van der Waals surface area contributed by atoms with Crippen LogP contribution in [0.15, 0.2) is 46.9 Å². The highest BCUT2D eigenvalue weighted by molar-refractivity contribution is 9.10. The van der Waals surface area contributed by atoms with Crippen molar-refractivity contribution in [2.75, 3.05) is 5.32 Å². The molecule has 8 heteroatoms. The molecule has 1 heterocycles. The van der Waals surface area contributed by atoms with Gasteiger partial charge in [0.2, 0.25) is 0 Å². The molecule has 1 aliphatic carbocycles. The third-order valence-corrected chi connectivity index (χ3v) is 4.43. The molecule has 0 saturated heterocycles. The molecule has 2 aromatic carbocycles. The van der Waals surface area contributed by atoms with Gasteiger partial charge in [-0.25, -0.2) is 9.07 Å². The molecular weight excluding hydrogens is 389 g/mol. The van der Waals surface area contributed by atoms with Crippen molar-refractivity contribution in [3.63, 3.8) is 0 Å². The lowest BCUT2D eigenvalue weighted by atomic mass is 10.1. The van der Waals surface area contributed by atoms with Crippen LogP contribution in [0.4, 0.5) is 10.1 Å². The van der Waals surface area contributed by atoms with E-state index in [1.807, 2.05) is 6.07 Å². The number of aromatic nitrogens is 4. The van der Waals surface area contributed by atoms with Gasteiger partial charge in [-0.15, -0.1) is 5.10 Å². The van der Waals surface area contributed by atoms with Crippen LogP contribution in [0.25, 0.3) is 11.4 Å². The minimum Gasteiger partial charge on any atom is -0.322 e. The number of carbonyl (C=O) groups excluding carboxylic acids is 1. The fraction of sp³-hybridized carbons (Fsp3) is 0.176. The van der Waals surface area contributed by atoms with Gasteiger partial charge in [-0.2, -0.15) is 0 Å². The first-order valence-corrected chi connectivity index (χ1v) is 8.56. The number of benzene rings is 2. The minimum absolute atomic E-state index is 0.0172. The summed E-state index contributed by atoms with van der Waals surface area (Å²) in [5.41, 5.74) is 1.33. The maximum Gasteiger partial charge on any atom is 0.258 e. The maximum absolute atomic E-state index is 13.9. The van der Waals surface area contributed by atoms with Crippen molar-refractivity contribution in [3.05, 3.63) is 58.3 Å². The molecule has 0 unspecified atom stereocenters. The molecular formula is C17H13BrFN5O. The molecule has 25 heavy (non-hydrogen) atoms. The Morgan fingerprint density at radius 1 is 1.24 bits per heavy atom. The van der Waals surface area contributed by atoms with Crippen LogP contribution in [-0.2, 0) is 0 Å². The van der Waals surface area contributed by atoms with Gasteiger partial charge >= 0.3 is 0 Å². The summed E-state index contributed by atoms with van der Waals surface area (Å²) in [4.78, 5) is 12.3. The van der Waals surface area contributed by atoms with E-state index in [0.717, 1.165) is 18.4 Å². The van der Waals surface area contributed by atoms with Crippen molar-refractivity contribution in [3.8, 4) is 11.4 Å². The number of anilines is 1. The van der Waals surface area contributed by atoms with Gasteiger partial charge in [0, 0.05) is 15.7 Å². The number of tetrazole rings is 1. The lowest BCUT2D eigenvalue weighted by Crippen LogP contribution is -2.13. The fourth-order valence-electron chi connectivity index (χ4n) is 2.56. The largest absolute Gasteiger partial charge is 0.322 e. The van der Waals surface area contributed by atoms with Crippen LogP contribution < -0.4 is 5.32 Å². The lowest BCUT2D eigenvalue weighted by molar-refractivity contribution is 0.102. The van der Waals surface area contributed by atoms with Crippen molar-refractivity contribution >= 4 is 27.5 Å². The molecule has 1 fully saturated rings. The summed E-state index contributed by atoms with van der Waals surface area (Å²) in [6.07, 6.45) is 2.13. The molecule has 0 aliphatic heterocycles. The number of carbonyl (C=O) groups is 1. The van der Waals surface area contributed by atoms with Crippen LogP contribution in [0.2, 0.25) is 0 Å². The Hall–Kier alpha value is -2.61. The highest BCUT2D eigenvalue weighted by Gasteiger charge is 2.28. The second-order valence-electron chi connectivity index (χ2n) is 5.84. The Balaban J connectivity index is 1.59. The van der Waals surface area contributed by atoms with E-state index in [1.54, 1.807) is 28.9 Å². The quantitative estimate of drug-likeness (QED) is 0.720. The van der Waals surface area contributed by atoms with Crippen molar-refractivity contribution in [1.29, 1.82) is 0 Å². The van der Waals surface area contributed by atoms with Gasteiger partial charge in [-0.1, -0.05) is 28.1 Å². The van der Waals surface area contributed by atoms with E-state index in [-0.39, 0.29) is 5.56 Å². The molecule has 0 spiro atoms. The number of amides is 1. The van der Waals surface area contributed by atoms with E-state index in [4.69, 9.17) is 0 Å². The first-order valence-electron chi connectivity index (χ1n) is 7.76. The first kappa shape index (κ1) is 15.9. The van der Waals surface area contributed by atoms with Crippen LogP contribution in [-0.4, -0.2) is 26.1 Å². The zero-order valence-electron chi connectivity index (χ0n) is 13.0. The zero-order valence-corrected chi connectivity index (χ0v) is 14.6. The number of hydrogen-bond donors (Lipinski definition) is 1. The van der Waals surface area contributed by atoms with Crippen molar-refractivity contribution in [1.82, 2.24) is 20.2 Å². The average molecular weight is 402 g/mol. The van der Waals surface area contributed by atoms with E-state index >= 15 is 0 Å². The molecule has 0 radical (unpaired) electrons. The molecule has 1 aromatic heterocycles. The summed E-state index contributed by atoms with van der Waals surface area (Å²) >= 11 is 3.17. The molecule has 1 N–H and O–H groups in total. The molecule has 1 saturated carbocycles. The average Bonchev–Trinajstić information content (AvgIpc) is 3.31. The second kappa shape index (κ2) is 6.36. The lowest BCUT2D eigenvalue weighted by Gasteiger charge is -2.08. The van der Waals surface area contributed by atoms with Crippen LogP contribution in [0.1, 0.15) is 29.2 Å². The Bertz CT molecular complexity index is 954. The topological polar surface area (TPSA) is 72.7 Å². The van der Waals surface area contributed by atoms with Crippen LogP contribution in [0.3, 0.4) is 0 Å². The van der Waals surface area contributed by atoms with Gasteiger partial charge < -0.3 is 5.32 Å². The van der Waals surface area contributed by atoms with Crippen molar-refractivity contribution < 1.29 is 9.18 Å². The van der Waals surface area contributed by atoms with Crippen molar-refractivity contribution in [2.45, 2.75) is 18.9 Å². The third-order valence-electron chi connectivity index (χ3n) is 3.94. The Morgan fingerprint density at radius 2 is 2.08 bits per heavy atom. The van der Waals surface area contributed by atoms with E-state index in [1.165, 1.54) is 12.1 Å². The molecule has 4 rings (SSSR count). The Labute approximate surface area is 151 Å². The SMILES string of the molecule is O=C(Nc1cccc(-c2nnnn2C2CC2)c1)c1ccc(Br)cc1F. The summed E-state index contributed by atoms with van der Waals surface area (Å²) in [6.45, 7) is 0. The van der Waals surface area contributed by atoms with Gasteiger partial charge in [0.05, 0.1) is 11.6 Å². The third kappa shape index (κ3) is 3.30. The predicted octanol–water partition coefficient (Wildman–Crippen LogP) is 3.83. The van der Waals surface area contributed by atoms with Gasteiger partial charge in [-0.05, 0) is 53.6 Å². The maximum atomic E-state index is 13.9. The Kier molecular flexibility index (Phi) is 4.04.